The third kappa shape index (κ3) is 5.83. The topological polar surface area (TPSA) is 89.8 Å². The number of nitrogens with one attached hydrogen (secondary N) is 1. The van der Waals surface area contributed by atoms with Crippen molar-refractivity contribution < 1.29 is 23.7 Å². The zero-order valence-corrected chi connectivity index (χ0v) is 21.8. The van der Waals surface area contributed by atoms with Crippen LogP contribution in [-0.4, -0.2) is 27.2 Å². The van der Waals surface area contributed by atoms with Gasteiger partial charge in [-0.1, -0.05) is 54.1 Å². The van der Waals surface area contributed by atoms with Crippen LogP contribution in [0.2, 0.25) is 5.02 Å². The third-order valence-electron chi connectivity index (χ3n) is 5.87. The summed E-state index contributed by atoms with van der Waals surface area (Å²) in [6.45, 7) is 0.283. The van der Waals surface area contributed by atoms with Gasteiger partial charge in [-0.2, -0.15) is 5.26 Å². The van der Waals surface area contributed by atoms with Crippen molar-refractivity contribution in [3.05, 3.63) is 94.5 Å². The quantitative estimate of drug-likeness (QED) is 0.193. The van der Waals surface area contributed by atoms with Crippen LogP contribution in [-0.2, 0) is 11.4 Å². The van der Waals surface area contributed by atoms with Crippen LogP contribution >= 0.6 is 11.6 Å². The van der Waals surface area contributed by atoms with E-state index in [0.29, 0.717) is 39.3 Å². The predicted octanol–water partition coefficient (Wildman–Crippen LogP) is 6.64. The third-order valence-corrected chi connectivity index (χ3v) is 6.17. The number of amides is 1. The van der Waals surface area contributed by atoms with Gasteiger partial charge >= 0.3 is 0 Å². The highest BCUT2D eigenvalue weighted by molar-refractivity contribution is 6.32. The molecule has 0 heterocycles. The van der Waals surface area contributed by atoms with Crippen LogP contribution in [0.5, 0.6) is 23.0 Å². The number of ether oxygens (including phenoxy) is 4. The molecule has 8 heteroatoms. The summed E-state index contributed by atoms with van der Waals surface area (Å²) in [7, 11) is 4.47. The van der Waals surface area contributed by atoms with E-state index >= 15 is 0 Å². The molecule has 0 aliphatic rings. The smallest absolute Gasteiger partial charge is 0.266 e. The summed E-state index contributed by atoms with van der Waals surface area (Å²) >= 11 is 6.16. The van der Waals surface area contributed by atoms with Gasteiger partial charge in [0.05, 0.1) is 32.0 Å². The Labute approximate surface area is 225 Å². The fourth-order valence-corrected chi connectivity index (χ4v) is 4.14. The first-order chi connectivity index (χ1) is 18.5. The lowest BCUT2D eigenvalue weighted by atomic mass is 10.1. The molecule has 7 nitrogen and oxygen atoms in total. The van der Waals surface area contributed by atoms with E-state index in [0.717, 1.165) is 16.3 Å². The van der Waals surface area contributed by atoms with Crippen molar-refractivity contribution in [2.24, 2.45) is 0 Å². The van der Waals surface area contributed by atoms with Gasteiger partial charge in [0.1, 0.15) is 41.2 Å². The molecule has 0 unspecified atom stereocenters. The second-order valence-electron chi connectivity index (χ2n) is 8.14. The monoisotopic (exact) mass is 528 g/mol. The Balaban J connectivity index is 1.63. The molecule has 4 aromatic rings. The molecule has 1 amide bonds. The molecule has 0 saturated heterocycles. The maximum atomic E-state index is 13.1. The lowest BCUT2D eigenvalue weighted by molar-refractivity contribution is -0.112. The standard InChI is InChI=1S/C30H25ClN2O5/c1-35-23-12-11-20(27(14-23)38-18-21-9-6-8-19-7-4-5-10-24(19)21)13-22(17-32)30(34)33-26-16-28(36-2)25(31)15-29(26)37-3/h4-16H,18H2,1-3H3,(H,33,34)/b22-13+. The van der Waals surface area contributed by atoms with Crippen molar-refractivity contribution in [2.45, 2.75) is 6.61 Å². The number of nitriles is 1. The average molecular weight is 529 g/mol. The van der Waals surface area contributed by atoms with Gasteiger partial charge in [-0.25, -0.2) is 0 Å². The van der Waals surface area contributed by atoms with Crippen LogP contribution in [0.15, 0.2) is 78.4 Å². The van der Waals surface area contributed by atoms with Gasteiger partial charge < -0.3 is 24.3 Å². The van der Waals surface area contributed by atoms with E-state index in [1.54, 1.807) is 25.3 Å². The molecular weight excluding hydrogens is 504 g/mol. The molecule has 0 aromatic heterocycles. The fourth-order valence-electron chi connectivity index (χ4n) is 3.91. The van der Waals surface area contributed by atoms with Gasteiger partial charge in [0, 0.05) is 23.8 Å². The van der Waals surface area contributed by atoms with Crippen LogP contribution in [0.3, 0.4) is 0 Å². The number of fused-ring (bicyclic) bond motifs is 1. The van der Waals surface area contributed by atoms with Gasteiger partial charge in [0.15, 0.2) is 0 Å². The molecule has 38 heavy (non-hydrogen) atoms. The van der Waals surface area contributed by atoms with Crippen LogP contribution in [0.25, 0.3) is 16.8 Å². The number of rotatable bonds is 9. The minimum Gasteiger partial charge on any atom is -0.497 e. The lowest BCUT2D eigenvalue weighted by Crippen LogP contribution is -2.14. The maximum absolute atomic E-state index is 13.1. The Morgan fingerprint density at radius 3 is 2.42 bits per heavy atom. The minimum atomic E-state index is -0.633. The molecule has 0 aliphatic carbocycles. The summed E-state index contributed by atoms with van der Waals surface area (Å²) in [4.78, 5) is 13.1. The molecule has 192 valence electrons. The summed E-state index contributed by atoms with van der Waals surface area (Å²) in [5.74, 6) is 1.08. The van der Waals surface area contributed by atoms with E-state index in [2.05, 4.69) is 5.32 Å². The number of hydrogen-bond donors (Lipinski definition) is 1. The summed E-state index contributed by atoms with van der Waals surface area (Å²) < 4.78 is 22.1. The highest BCUT2D eigenvalue weighted by atomic mass is 35.5. The van der Waals surface area contributed by atoms with Gasteiger partial charge in [-0.05, 0) is 34.5 Å². The summed E-state index contributed by atoms with van der Waals surface area (Å²) in [6, 6.07) is 24.3. The Bertz CT molecular complexity index is 1550. The highest BCUT2D eigenvalue weighted by Crippen LogP contribution is 2.36. The van der Waals surface area contributed by atoms with Crippen molar-refractivity contribution in [3.63, 3.8) is 0 Å². The molecule has 0 atom stereocenters. The molecule has 0 saturated carbocycles. The van der Waals surface area contributed by atoms with E-state index < -0.39 is 5.91 Å². The van der Waals surface area contributed by atoms with Crippen LogP contribution in [0.4, 0.5) is 5.69 Å². The van der Waals surface area contributed by atoms with Crippen molar-refractivity contribution in [2.75, 3.05) is 26.6 Å². The Morgan fingerprint density at radius 1 is 0.921 bits per heavy atom. The number of nitrogens with zero attached hydrogens (tertiary/aromatic N) is 1. The first kappa shape index (κ1) is 26.4. The molecule has 4 rings (SSSR count). The number of benzene rings is 4. The summed E-state index contributed by atoms with van der Waals surface area (Å²) in [5, 5.41) is 15.0. The largest absolute Gasteiger partial charge is 0.497 e. The molecule has 1 N–H and O–H groups in total. The molecule has 0 fully saturated rings. The summed E-state index contributed by atoms with van der Waals surface area (Å²) in [5.41, 5.74) is 1.71. The summed E-state index contributed by atoms with van der Waals surface area (Å²) in [6.07, 6.45) is 1.47. The van der Waals surface area contributed by atoms with Crippen LogP contribution in [0, 0.1) is 11.3 Å². The minimum absolute atomic E-state index is 0.138. The first-order valence-electron chi connectivity index (χ1n) is 11.6. The normalized spacial score (nSPS) is 11.0. The van der Waals surface area contributed by atoms with E-state index in [4.69, 9.17) is 30.5 Å². The number of carbonyl (C=O) groups excluding carboxylic acids is 1. The number of carbonyl (C=O) groups is 1. The van der Waals surface area contributed by atoms with Crippen molar-refractivity contribution in [1.82, 2.24) is 0 Å². The zero-order valence-electron chi connectivity index (χ0n) is 21.1. The Morgan fingerprint density at radius 2 is 1.68 bits per heavy atom. The predicted molar refractivity (Wildman–Crippen MR) is 148 cm³/mol. The average Bonchev–Trinajstić information content (AvgIpc) is 2.95. The number of methoxy groups -OCH3 is 3. The van der Waals surface area contributed by atoms with Crippen molar-refractivity contribution in [1.29, 1.82) is 5.26 Å². The van der Waals surface area contributed by atoms with E-state index in [-0.39, 0.29) is 12.2 Å². The van der Waals surface area contributed by atoms with Gasteiger partial charge in [0.2, 0.25) is 0 Å². The molecule has 0 spiro atoms. The molecular formula is C30H25ClN2O5. The molecule has 0 bridgehead atoms. The van der Waals surface area contributed by atoms with Crippen LogP contribution in [0.1, 0.15) is 11.1 Å². The second kappa shape index (κ2) is 12.0. The second-order valence-corrected chi connectivity index (χ2v) is 8.55. The number of anilines is 1. The molecule has 4 aromatic carbocycles. The Kier molecular flexibility index (Phi) is 8.37. The lowest BCUT2D eigenvalue weighted by Gasteiger charge is -2.14. The van der Waals surface area contributed by atoms with E-state index in [1.807, 2.05) is 48.5 Å². The maximum Gasteiger partial charge on any atom is 0.266 e. The number of halogens is 1. The molecule has 0 radical (unpaired) electrons. The van der Waals surface area contributed by atoms with Gasteiger partial charge in [-0.3, -0.25) is 4.79 Å². The first-order valence-corrected chi connectivity index (χ1v) is 12.0. The highest BCUT2D eigenvalue weighted by Gasteiger charge is 2.17. The number of hydrogen-bond acceptors (Lipinski definition) is 6. The van der Waals surface area contributed by atoms with Crippen LogP contribution < -0.4 is 24.3 Å². The fraction of sp³-hybridized carbons (Fsp3) is 0.133. The zero-order chi connectivity index (χ0) is 27.1. The van der Waals surface area contributed by atoms with Crippen molar-refractivity contribution >= 4 is 40.0 Å². The van der Waals surface area contributed by atoms with Crippen molar-refractivity contribution in [3.8, 4) is 29.1 Å². The Hall–Kier alpha value is -4.67. The van der Waals surface area contributed by atoms with Gasteiger partial charge in [-0.15, -0.1) is 0 Å². The van der Waals surface area contributed by atoms with Gasteiger partial charge in [0.25, 0.3) is 5.91 Å². The van der Waals surface area contributed by atoms with E-state index in [9.17, 15) is 10.1 Å². The SMILES string of the molecule is COc1ccc(/C=C(\C#N)C(=O)Nc2cc(OC)c(Cl)cc2OC)c(OCc2cccc3ccccc23)c1. The van der Waals surface area contributed by atoms with E-state index in [1.165, 1.54) is 32.4 Å². The molecule has 0 aliphatic heterocycles.